The standard InChI is InChI=1S/C18H23NO6/c1-11(20)16(14(22)9-24-3)18(13-5-7-19-8-6-13)17(12(2)21)15(23)10-25-4/h5-8,16-18H,9-10H2,1-4H3/t16-,17+,18?. The molecule has 1 aromatic rings. The lowest BCUT2D eigenvalue weighted by Crippen LogP contribution is -2.41. The summed E-state index contributed by atoms with van der Waals surface area (Å²) in [6.07, 6.45) is 2.97. The van der Waals surface area contributed by atoms with Crippen molar-refractivity contribution in [1.29, 1.82) is 0 Å². The molecule has 0 bridgehead atoms. The first kappa shape index (κ1) is 20.8. The number of ether oxygens (including phenoxy) is 2. The van der Waals surface area contributed by atoms with Gasteiger partial charge in [0.1, 0.15) is 24.8 Å². The lowest BCUT2D eigenvalue weighted by atomic mass is 9.71. The van der Waals surface area contributed by atoms with E-state index < -0.39 is 40.9 Å². The third-order valence-electron chi connectivity index (χ3n) is 3.95. The summed E-state index contributed by atoms with van der Waals surface area (Å²) in [5.74, 6) is -5.08. The van der Waals surface area contributed by atoms with Crippen LogP contribution < -0.4 is 0 Å². The van der Waals surface area contributed by atoms with E-state index in [1.165, 1.54) is 40.5 Å². The van der Waals surface area contributed by atoms with Crippen LogP contribution in [0.4, 0.5) is 0 Å². The molecule has 0 saturated heterocycles. The van der Waals surface area contributed by atoms with E-state index in [2.05, 4.69) is 4.98 Å². The zero-order valence-electron chi connectivity index (χ0n) is 14.9. The van der Waals surface area contributed by atoms with Gasteiger partial charge in [0.25, 0.3) is 0 Å². The molecule has 0 fully saturated rings. The van der Waals surface area contributed by atoms with Crippen molar-refractivity contribution in [1.82, 2.24) is 4.98 Å². The molecular formula is C18H23NO6. The Hall–Kier alpha value is -2.25. The number of hydrogen-bond donors (Lipinski definition) is 0. The summed E-state index contributed by atoms with van der Waals surface area (Å²) in [5, 5.41) is 0. The number of carbonyl (C=O) groups excluding carboxylic acids is 4. The number of pyridine rings is 1. The Morgan fingerprint density at radius 2 is 1.28 bits per heavy atom. The van der Waals surface area contributed by atoms with Crippen LogP contribution in [-0.4, -0.2) is 55.6 Å². The highest BCUT2D eigenvalue weighted by atomic mass is 16.5. The van der Waals surface area contributed by atoms with Crippen LogP contribution in [0.25, 0.3) is 0 Å². The van der Waals surface area contributed by atoms with Crippen LogP contribution in [0.15, 0.2) is 24.5 Å². The maximum atomic E-state index is 12.5. The fourth-order valence-electron chi connectivity index (χ4n) is 2.99. The number of hydrogen-bond acceptors (Lipinski definition) is 7. The molecule has 1 aromatic heterocycles. The van der Waals surface area contributed by atoms with Crippen molar-refractivity contribution in [3.8, 4) is 0 Å². The molecule has 1 heterocycles. The van der Waals surface area contributed by atoms with Crippen LogP contribution in [0.5, 0.6) is 0 Å². The SMILES string of the molecule is COCC(=O)[C@@H](C(C)=O)C(c1ccncc1)[C@@H](C(C)=O)C(=O)COC. The number of ketones is 4. The van der Waals surface area contributed by atoms with E-state index in [0.29, 0.717) is 5.56 Å². The van der Waals surface area contributed by atoms with Crippen LogP contribution in [0.3, 0.4) is 0 Å². The van der Waals surface area contributed by atoms with E-state index in [9.17, 15) is 19.2 Å². The molecule has 0 spiro atoms. The second-order valence-electron chi connectivity index (χ2n) is 5.78. The van der Waals surface area contributed by atoms with Crippen molar-refractivity contribution in [3.63, 3.8) is 0 Å². The van der Waals surface area contributed by atoms with E-state index >= 15 is 0 Å². The van der Waals surface area contributed by atoms with Gasteiger partial charge in [-0.2, -0.15) is 0 Å². The first-order valence-electron chi connectivity index (χ1n) is 7.79. The van der Waals surface area contributed by atoms with Gasteiger partial charge in [-0.3, -0.25) is 24.2 Å². The fourth-order valence-corrected chi connectivity index (χ4v) is 2.99. The third-order valence-corrected chi connectivity index (χ3v) is 3.95. The summed E-state index contributed by atoms with van der Waals surface area (Å²) in [6.45, 7) is 1.97. The summed E-state index contributed by atoms with van der Waals surface area (Å²) in [7, 11) is 2.68. The van der Waals surface area contributed by atoms with Gasteiger partial charge in [-0.15, -0.1) is 0 Å². The lowest BCUT2D eigenvalue weighted by Gasteiger charge is -2.30. The summed E-state index contributed by atoms with van der Waals surface area (Å²) in [4.78, 5) is 53.4. The predicted octanol–water partition coefficient (Wildman–Crippen LogP) is 1.01. The van der Waals surface area contributed by atoms with Gasteiger partial charge in [-0.1, -0.05) is 0 Å². The summed E-state index contributed by atoms with van der Waals surface area (Å²) >= 11 is 0. The van der Waals surface area contributed by atoms with Gasteiger partial charge in [-0.25, -0.2) is 0 Å². The number of carbonyl (C=O) groups is 4. The van der Waals surface area contributed by atoms with E-state index in [0.717, 1.165) is 0 Å². The second-order valence-corrected chi connectivity index (χ2v) is 5.78. The molecule has 1 unspecified atom stereocenters. The number of aromatic nitrogens is 1. The van der Waals surface area contributed by atoms with Crippen LogP contribution in [-0.2, 0) is 28.7 Å². The molecule has 0 aliphatic carbocycles. The largest absolute Gasteiger partial charge is 0.377 e. The number of rotatable bonds is 11. The Morgan fingerprint density at radius 1 is 0.880 bits per heavy atom. The third kappa shape index (κ3) is 5.37. The van der Waals surface area contributed by atoms with Crippen molar-refractivity contribution in [2.24, 2.45) is 11.8 Å². The van der Waals surface area contributed by atoms with E-state index in [1.54, 1.807) is 12.1 Å². The molecule has 7 nitrogen and oxygen atoms in total. The fraction of sp³-hybridized carbons (Fsp3) is 0.500. The topological polar surface area (TPSA) is 99.6 Å². The first-order chi connectivity index (χ1) is 11.8. The number of nitrogens with zero attached hydrogens (tertiary/aromatic N) is 1. The van der Waals surface area contributed by atoms with Crippen molar-refractivity contribution in [3.05, 3.63) is 30.1 Å². The Balaban J connectivity index is 3.50. The molecule has 136 valence electrons. The zero-order chi connectivity index (χ0) is 19.0. The van der Waals surface area contributed by atoms with Gasteiger partial charge >= 0.3 is 0 Å². The number of methoxy groups -OCH3 is 2. The highest BCUT2D eigenvalue weighted by molar-refractivity contribution is 6.08. The smallest absolute Gasteiger partial charge is 0.169 e. The first-order valence-corrected chi connectivity index (χ1v) is 7.79. The predicted molar refractivity (Wildman–Crippen MR) is 89.1 cm³/mol. The van der Waals surface area contributed by atoms with E-state index in [4.69, 9.17) is 9.47 Å². The van der Waals surface area contributed by atoms with Crippen LogP contribution in [0.1, 0.15) is 25.3 Å². The monoisotopic (exact) mass is 349 g/mol. The minimum Gasteiger partial charge on any atom is -0.377 e. The average molecular weight is 349 g/mol. The maximum Gasteiger partial charge on any atom is 0.169 e. The van der Waals surface area contributed by atoms with Crippen LogP contribution in [0, 0.1) is 11.8 Å². The van der Waals surface area contributed by atoms with Gasteiger partial charge in [0.05, 0.1) is 11.8 Å². The molecular weight excluding hydrogens is 326 g/mol. The van der Waals surface area contributed by atoms with Gasteiger partial charge in [0, 0.05) is 32.5 Å². The van der Waals surface area contributed by atoms with Crippen molar-refractivity contribution in [2.45, 2.75) is 19.8 Å². The second kappa shape index (κ2) is 9.90. The minimum absolute atomic E-state index is 0.283. The summed E-state index contributed by atoms with van der Waals surface area (Å²) in [5.41, 5.74) is 0.518. The van der Waals surface area contributed by atoms with E-state index in [-0.39, 0.29) is 13.2 Å². The molecule has 0 N–H and O–H groups in total. The lowest BCUT2D eigenvalue weighted by molar-refractivity contribution is -0.139. The van der Waals surface area contributed by atoms with Crippen molar-refractivity contribution < 1.29 is 28.7 Å². The Labute approximate surface area is 146 Å². The molecule has 1 rings (SSSR count). The van der Waals surface area contributed by atoms with Crippen LogP contribution in [0.2, 0.25) is 0 Å². The van der Waals surface area contributed by atoms with Gasteiger partial charge in [-0.05, 0) is 31.5 Å². The summed E-state index contributed by atoms with van der Waals surface area (Å²) in [6, 6.07) is 3.19. The number of Topliss-reactive ketones (excluding diaryl/α,β-unsaturated/α-hetero) is 4. The molecule has 0 aromatic carbocycles. The van der Waals surface area contributed by atoms with Gasteiger partial charge in [0.2, 0.25) is 0 Å². The van der Waals surface area contributed by atoms with Gasteiger partial charge < -0.3 is 9.47 Å². The van der Waals surface area contributed by atoms with E-state index in [1.807, 2.05) is 0 Å². The summed E-state index contributed by atoms with van der Waals surface area (Å²) < 4.78 is 9.72. The van der Waals surface area contributed by atoms with Crippen molar-refractivity contribution >= 4 is 23.1 Å². The quantitative estimate of drug-likeness (QED) is 0.550. The Morgan fingerprint density at radius 3 is 1.60 bits per heavy atom. The molecule has 0 aliphatic heterocycles. The Kier molecular flexibility index (Phi) is 8.24. The highest BCUT2D eigenvalue weighted by Gasteiger charge is 2.43. The minimum atomic E-state index is -1.17. The average Bonchev–Trinajstić information content (AvgIpc) is 2.54. The van der Waals surface area contributed by atoms with Crippen molar-refractivity contribution in [2.75, 3.05) is 27.4 Å². The van der Waals surface area contributed by atoms with Gasteiger partial charge in [0.15, 0.2) is 11.6 Å². The molecule has 7 heteroatoms. The highest BCUT2D eigenvalue weighted by Crippen LogP contribution is 2.35. The molecule has 25 heavy (non-hydrogen) atoms. The molecule has 0 aliphatic rings. The maximum absolute atomic E-state index is 12.5. The molecule has 0 amide bonds. The molecule has 0 radical (unpaired) electrons. The normalized spacial score (nSPS) is 14.4. The molecule has 0 saturated carbocycles. The van der Waals surface area contributed by atoms with Crippen LogP contribution >= 0.6 is 0 Å². The Bertz CT molecular complexity index is 592. The zero-order valence-corrected chi connectivity index (χ0v) is 14.9. The molecule has 3 atom stereocenters.